The van der Waals surface area contributed by atoms with E-state index in [0.717, 1.165) is 11.8 Å². The predicted molar refractivity (Wildman–Crippen MR) is 72.0 cm³/mol. The third-order valence-corrected chi connectivity index (χ3v) is 3.30. The van der Waals surface area contributed by atoms with Crippen LogP contribution in [0.3, 0.4) is 0 Å². The zero-order valence-electron chi connectivity index (χ0n) is 10.0. The van der Waals surface area contributed by atoms with Crippen molar-refractivity contribution < 1.29 is 4.92 Å². The molecule has 0 radical (unpaired) electrons. The molecule has 1 N–H and O–H groups in total. The molecule has 2 aromatic rings. The second kappa shape index (κ2) is 5.46. The highest BCUT2D eigenvalue weighted by Crippen LogP contribution is 2.24. The van der Waals surface area contributed by atoms with Gasteiger partial charge in [-0.25, -0.2) is 4.98 Å². The summed E-state index contributed by atoms with van der Waals surface area (Å²) < 4.78 is 0. The zero-order chi connectivity index (χ0) is 13.8. The van der Waals surface area contributed by atoms with Crippen LogP contribution in [0.1, 0.15) is 24.1 Å². The normalized spacial score (nSPS) is 11.6. The second-order valence-electron chi connectivity index (χ2n) is 3.88. The maximum absolute atomic E-state index is 10.6. The molecule has 2 rings (SSSR count). The number of nitrogens with one attached hydrogen (secondary N) is 1. The lowest BCUT2D eigenvalue weighted by molar-refractivity contribution is -0.385. The van der Waals surface area contributed by atoms with E-state index in [-0.39, 0.29) is 17.3 Å². The number of rotatable bonds is 4. The summed E-state index contributed by atoms with van der Waals surface area (Å²) >= 11 is 1.58. The standard InChI is InChI=1S/C12H10N4O2S/c1-8(9-2-3-19-7-9)15-12-10(5-13)4-11(6-14-12)16(17)18/h2-4,6-8H,1H3,(H,14,15). The van der Waals surface area contributed by atoms with Gasteiger partial charge < -0.3 is 5.32 Å². The molecule has 0 aliphatic carbocycles. The summed E-state index contributed by atoms with van der Waals surface area (Å²) in [6.07, 6.45) is 1.14. The van der Waals surface area contributed by atoms with Gasteiger partial charge in [-0.05, 0) is 29.3 Å². The van der Waals surface area contributed by atoms with Crippen LogP contribution < -0.4 is 5.32 Å². The van der Waals surface area contributed by atoms with Gasteiger partial charge in [0.1, 0.15) is 23.6 Å². The van der Waals surface area contributed by atoms with E-state index in [1.807, 2.05) is 29.8 Å². The first-order valence-corrected chi connectivity index (χ1v) is 6.39. The highest BCUT2D eigenvalue weighted by molar-refractivity contribution is 7.07. The Morgan fingerprint density at radius 1 is 1.63 bits per heavy atom. The van der Waals surface area contributed by atoms with E-state index in [4.69, 9.17) is 5.26 Å². The van der Waals surface area contributed by atoms with Crippen LogP contribution in [0.4, 0.5) is 11.5 Å². The van der Waals surface area contributed by atoms with Crippen LogP contribution in [-0.2, 0) is 0 Å². The lowest BCUT2D eigenvalue weighted by Gasteiger charge is -2.13. The first kappa shape index (κ1) is 13.0. The van der Waals surface area contributed by atoms with E-state index in [2.05, 4.69) is 10.3 Å². The minimum atomic E-state index is -0.570. The van der Waals surface area contributed by atoms with Crippen molar-refractivity contribution in [2.75, 3.05) is 5.32 Å². The molecule has 2 heterocycles. The number of pyridine rings is 1. The SMILES string of the molecule is CC(Nc1ncc([N+](=O)[O-])cc1C#N)c1ccsc1. The van der Waals surface area contributed by atoms with Gasteiger partial charge in [0.2, 0.25) is 0 Å². The van der Waals surface area contributed by atoms with Crippen molar-refractivity contribution in [3.8, 4) is 6.07 Å². The molecule has 1 unspecified atom stereocenters. The van der Waals surface area contributed by atoms with Gasteiger partial charge in [-0.15, -0.1) is 0 Å². The van der Waals surface area contributed by atoms with Gasteiger partial charge >= 0.3 is 0 Å². The number of anilines is 1. The number of aromatic nitrogens is 1. The number of nitrogens with zero attached hydrogens (tertiary/aromatic N) is 3. The van der Waals surface area contributed by atoms with Crippen LogP contribution >= 0.6 is 11.3 Å². The van der Waals surface area contributed by atoms with Crippen molar-refractivity contribution in [3.63, 3.8) is 0 Å². The number of nitriles is 1. The van der Waals surface area contributed by atoms with Crippen molar-refractivity contribution in [2.45, 2.75) is 13.0 Å². The Kier molecular flexibility index (Phi) is 3.73. The first-order valence-electron chi connectivity index (χ1n) is 5.45. The van der Waals surface area contributed by atoms with E-state index in [1.54, 1.807) is 11.3 Å². The van der Waals surface area contributed by atoms with Crippen LogP contribution in [0.25, 0.3) is 0 Å². The van der Waals surface area contributed by atoms with Crippen LogP contribution in [0.5, 0.6) is 0 Å². The summed E-state index contributed by atoms with van der Waals surface area (Å²) in [5.41, 5.74) is 1.05. The molecule has 0 saturated heterocycles. The molecule has 0 fully saturated rings. The third-order valence-electron chi connectivity index (χ3n) is 2.60. The molecule has 0 bridgehead atoms. The summed E-state index contributed by atoms with van der Waals surface area (Å²) in [6, 6.07) is 5.08. The average Bonchev–Trinajstić information content (AvgIpc) is 2.92. The Morgan fingerprint density at radius 2 is 2.42 bits per heavy atom. The van der Waals surface area contributed by atoms with Crippen molar-refractivity contribution in [1.29, 1.82) is 5.26 Å². The molecule has 0 spiro atoms. The molecule has 96 valence electrons. The van der Waals surface area contributed by atoms with Crippen molar-refractivity contribution >= 4 is 22.8 Å². The molecule has 19 heavy (non-hydrogen) atoms. The summed E-state index contributed by atoms with van der Waals surface area (Å²) in [7, 11) is 0. The Morgan fingerprint density at radius 3 is 3.00 bits per heavy atom. The molecule has 6 nitrogen and oxygen atoms in total. The number of hydrogen-bond acceptors (Lipinski definition) is 6. The van der Waals surface area contributed by atoms with Crippen molar-refractivity contribution in [3.05, 3.63) is 50.3 Å². The highest BCUT2D eigenvalue weighted by atomic mass is 32.1. The van der Waals surface area contributed by atoms with Gasteiger partial charge in [-0.1, -0.05) is 0 Å². The summed E-state index contributed by atoms with van der Waals surface area (Å²) in [6.45, 7) is 1.94. The molecule has 2 aromatic heterocycles. The minimum Gasteiger partial charge on any atom is -0.362 e. The maximum atomic E-state index is 10.6. The molecule has 0 amide bonds. The molecule has 0 aromatic carbocycles. The lowest BCUT2D eigenvalue weighted by atomic mass is 10.1. The Balaban J connectivity index is 2.26. The number of nitro groups is 1. The van der Waals surface area contributed by atoms with Gasteiger partial charge in [0, 0.05) is 6.07 Å². The quantitative estimate of drug-likeness (QED) is 0.683. The van der Waals surface area contributed by atoms with Gasteiger partial charge in [0.25, 0.3) is 5.69 Å². The van der Waals surface area contributed by atoms with Crippen LogP contribution in [0, 0.1) is 21.4 Å². The Bertz CT molecular complexity index is 634. The third kappa shape index (κ3) is 2.86. The molecule has 7 heteroatoms. The van der Waals surface area contributed by atoms with E-state index in [1.165, 1.54) is 6.07 Å². The second-order valence-corrected chi connectivity index (χ2v) is 4.66. The summed E-state index contributed by atoms with van der Waals surface area (Å²) in [5, 5.41) is 26.7. The van der Waals surface area contributed by atoms with Gasteiger partial charge in [0.15, 0.2) is 0 Å². The molecule has 1 atom stereocenters. The van der Waals surface area contributed by atoms with Crippen LogP contribution in [0.2, 0.25) is 0 Å². The smallest absolute Gasteiger partial charge is 0.289 e. The fourth-order valence-electron chi connectivity index (χ4n) is 1.56. The van der Waals surface area contributed by atoms with Gasteiger partial charge in [-0.2, -0.15) is 16.6 Å². The van der Waals surface area contributed by atoms with Crippen LogP contribution in [0.15, 0.2) is 29.1 Å². The Labute approximate surface area is 113 Å². The predicted octanol–water partition coefficient (Wildman–Crippen LogP) is 3.10. The Hall–Kier alpha value is -2.46. The lowest BCUT2D eigenvalue weighted by Crippen LogP contribution is -2.08. The molecular formula is C12H10N4O2S. The summed E-state index contributed by atoms with van der Waals surface area (Å²) in [5.74, 6) is 0.354. The maximum Gasteiger partial charge on any atom is 0.289 e. The molecule has 0 aliphatic heterocycles. The largest absolute Gasteiger partial charge is 0.362 e. The van der Waals surface area contributed by atoms with E-state index in [0.29, 0.717) is 5.82 Å². The highest BCUT2D eigenvalue weighted by Gasteiger charge is 2.14. The number of thiophene rings is 1. The van der Waals surface area contributed by atoms with Crippen molar-refractivity contribution in [1.82, 2.24) is 4.98 Å². The summed E-state index contributed by atoms with van der Waals surface area (Å²) in [4.78, 5) is 14.0. The fraction of sp³-hybridized carbons (Fsp3) is 0.167. The monoisotopic (exact) mass is 274 g/mol. The molecular weight excluding hydrogens is 264 g/mol. The van der Waals surface area contributed by atoms with Crippen molar-refractivity contribution in [2.24, 2.45) is 0 Å². The first-order chi connectivity index (χ1) is 9.11. The topological polar surface area (TPSA) is 91.8 Å². The van der Waals surface area contributed by atoms with Gasteiger partial charge in [-0.3, -0.25) is 10.1 Å². The fourth-order valence-corrected chi connectivity index (χ4v) is 2.32. The average molecular weight is 274 g/mol. The number of hydrogen-bond donors (Lipinski definition) is 1. The van der Waals surface area contributed by atoms with E-state index in [9.17, 15) is 10.1 Å². The minimum absolute atomic E-state index is 0.0210. The zero-order valence-corrected chi connectivity index (χ0v) is 10.8. The molecule has 0 saturated carbocycles. The van der Waals surface area contributed by atoms with Gasteiger partial charge in [0.05, 0.1) is 11.0 Å². The molecule has 0 aliphatic rings. The van der Waals surface area contributed by atoms with E-state index >= 15 is 0 Å². The van der Waals surface area contributed by atoms with Crippen LogP contribution in [-0.4, -0.2) is 9.91 Å². The van der Waals surface area contributed by atoms with E-state index < -0.39 is 4.92 Å².